The molecule has 0 aromatic rings. The van der Waals surface area contributed by atoms with Crippen LogP contribution < -0.4 is 5.73 Å². The Kier molecular flexibility index (Phi) is 1.48. The van der Waals surface area contributed by atoms with E-state index >= 15 is 0 Å². The van der Waals surface area contributed by atoms with E-state index in [1.807, 2.05) is 0 Å². The number of carbonyl (C=O) groups is 1. The molecule has 1 aliphatic rings. The third-order valence-corrected chi connectivity index (χ3v) is 1.24. The Morgan fingerprint density at radius 3 is 2.89 bits per heavy atom. The van der Waals surface area contributed by atoms with E-state index in [4.69, 9.17) is 10.8 Å². The van der Waals surface area contributed by atoms with Gasteiger partial charge in [-0.1, -0.05) is 0 Å². The van der Waals surface area contributed by atoms with E-state index in [1.165, 1.54) is 0 Å². The zero-order chi connectivity index (χ0) is 6.85. The van der Waals surface area contributed by atoms with Crippen LogP contribution in [0, 0.1) is 0 Å². The molecular formula is C5H8N2O2. The molecule has 0 radical (unpaired) electrons. The second-order valence-electron chi connectivity index (χ2n) is 1.94. The minimum absolute atomic E-state index is 0.0475. The molecule has 0 saturated heterocycles. The Morgan fingerprint density at radius 2 is 2.44 bits per heavy atom. The van der Waals surface area contributed by atoms with Crippen molar-refractivity contribution in [3.05, 3.63) is 0 Å². The Labute approximate surface area is 52.4 Å². The second-order valence-corrected chi connectivity index (χ2v) is 1.94. The van der Waals surface area contributed by atoms with Gasteiger partial charge in [-0.2, -0.15) is 0 Å². The number of hydrogen-bond acceptors (Lipinski definition) is 4. The molecule has 3 N–H and O–H groups in total. The van der Waals surface area contributed by atoms with Gasteiger partial charge in [-0.25, -0.2) is 0 Å². The minimum atomic E-state index is -0.914. The van der Waals surface area contributed by atoms with Crippen LogP contribution in [0.15, 0.2) is 4.99 Å². The lowest BCUT2D eigenvalue weighted by Gasteiger charge is -2.11. The van der Waals surface area contributed by atoms with Crippen molar-refractivity contribution >= 4 is 11.6 Å². The second kappa shape index (κ2) is 2.14. The molecule has 1 heterocycles. The van der Waals surface area contributed by atoms with Crippen LogP contribution in [0.5, 0.6) is 0 Å². The van der Waals surface area contributed by atoms with E-state index in [2.05, 4.69) is 4.99 Å². The summed E-state index contributed by atoms with van der Waals surface area (Å²) in [7, 11) is 0. The molecule has 1 unspecified atom stereocenters. The van der Waals surface area contributed by atoms with Crippen molar-refractivity contribution in [3.8, 4) is 0 Å². The molecule has 0 saturated carbocycles. The van der Waals surface area contributed by atoms with Gasteiger partial charge in [0.15, 0.2) is 5.84 Å². The van der Waals surface area contributed by atoms with Crippen molar-refractivity contribution in [2.45, 2.75) is 12.5 Å². The summed E-state index contributed by atoms with van der Waals surface area (Å²) in [6, 6.07) is 0. The maximum Gasteiger partial charge on any atom is 0.225 e. The highest BCUT2D eigenvalue weighted by molar-refractivity contribution is 6.40. The lowest BCUT2D eigenvalue weighted by molar-refractivity contribution is -0.121. The average Bonchev–Trinajstić information content (AvgIpc) is 1.83. The molecule has 1 atom stereocenters. The van der Waals surface area contributed by atoms with Crippen LogP contribution in [0.25, 0.3) is 0 Å². The topological polar surface area (TPSA) is 75.7 Å². The summed E-state index contributed by atoms with van der Waals surface area (Å²) in [5, 5.41) is 8.84. The first-order valence-electron chi connectivity index (χ1n) is 2.74. The van der Waals surface area contributed by atoms with Crippen molar-refractivity contribution in [3.63, 3.8) is 0 Å². The summed E-state index contributed by atoms with van der Waals surface area (Å²) in [4.78, 5) is 14.3. The summed E-state index contributed by atoms with van der Waals surface area (Å²) in [6.07, 6.45) is -0.512. The van der Waals surface area contributed by atoms with Gasteiger partial charge in [-0.05, 0) is 0 Å². The molecule has 4 heteroatoms. The van der Waals surface area contributed by atoms with Gasteiger partial charge in [0.2, 0.25) is 5.78 Å². The Morgan fingerprint density at radius 1 is 1.78 bits per heavy atom. The number of amidine groups is 1. The summed E-state index contributed by atoms with van der Waals surface area (Å²) < 4.78 is 0. The molecule has 4 nitrogen and oxygen atoms in total. The predicted molar refractivity (Wildman–Crippen MR) is 32.1 cm³/mol. The predicted octanol–water partition coefficient (Wildman–Crippen LogP) is -1.32. The van der Waals surface area contributed by atoms with Gasteiger partial charge in [0.1, 0.15) is 6.10 Å². The van der Waals surface area contributed by atoms with Crippen molar-refractivity contribution in [2.24, 2.45) is 10.7 Å². The monoisotopic (exact) mass is 128 g/mol. The molecule has 9 heavy (non-hydrogen) atoms. The first-order chi connectivity index (χ1) is 4.22. The van der Waals surface area contributed by atoms with Crippen LogP contribution in [0.4, 0.5) is 0 Å². The highest BCUT2D eigenvalue weighted by Crippen LogP contribution is 1.99. The fourth-order valence-corrected chi connectivity index (χ4v) is 0.687. The number of rotatable bonds is 0. The maximum atomic E-state index is 10.6. The zero-order valence-corrected chi connectivity index (χ0v) is 4.87. The molecule has 1 rings (SSSR count). The van der Waals surface area contributed by atoms with Crippen molar-refractivity contribution in [1.82, 2.24) is 0 Å². The Hall–Kier alpha value is -0.900. The van der Waals surface area contributed by atoms with Crippen molar-refractivity contribution in [2.75, 3.05) is 6.54 Å². The summed E-state index contributed by atoms with van der Waals surface area (Å²) in [6.45, 7) is 0.457. The van der Waals surface area contributed by atoms with Gasteiger partial charge in [-0.3, -0.25) is 9.79 Å². The molecule has 0 aromatic carbocycles. The molecule has 0 aromatic heterocycles. The molecule has 0 fully saturated rings. The molecular weight excluding hydrogens is 120 g/mol. The smallest absolute Gasteiger partial charge is 0.225 e. The van der Waals surface area contributed by atoms with Gasteiger partial charge < -0.3 is 10.8 Å². The van der Waals surface area contributed by atoms with Crippen LogP contribution in [0.1, 0.15) is 6.42 Å². The van der Waals surface area contributed by atoms with E-state index in [9.17, 15) is 4.79 Å². The maximum absolute atomic E-state index is 10.6. The van der Waals surface area contributed by atoms with Crippen LogP contribution in [-0.2, 0) is 4.79 Å². The van der Waals surface area contributed by atoms with Crippen LogP contribution >= 0.6 is 0 Å². The number of nitrogens with two attached hydrogens (primary N) is 1. The van der Waals surface area contributed by atoms with E-state index in [-0.39, 0.29) is 5.84 Å². The van der Waals surface area contributed by atoms with Crippen molar-refractivity contribution < 1.29 is 9.90 Å². The zero-order valence-electron chi connectivity index (χ0n) is 4.87. The summed E-state index contributed by atoms with van der Waals surface area (Å²) in [5.74, 6) is -0.491. The van der Waals surface area contributed by atoms with Gasteiger partial charge in [-0.15, -0.1) is 0 Å². The number of ketones is 1. The molecule has 0 bridgehead atoms. The third kappa shape index (κ3) is 1.08. The quantitative estimate of drug-likeness (QED) is 0.424. The fraction of sp³-hybridized carbons (Fsp3) is 0.600. The first kappa shape index (κ1) is 6.22. The normalized spacial score (nSPS) is 27.9. The van der Waals surface area contributed by atoms with E-state index < -0.39 is 11.9 Å². The average molecular weight is 128 g/mol. The standard InChI is InChI=1S/C5H8N2O2/c6-5-4(9)3(8)1-2-7-5/h3,8H,1-2H2,(H2,6,7). The number of nitrogens with zero attached hydrogens (tertiary/aromatic N) is 1. The molecule has 0 spiro atoms. The van der Waals surface area contributed by atoms with Gasteiger partial charge in [0, 0.05) is 13.0 Å². The largest absolute Gasteiger partial charge is 0.385 e. The highest BCUT2D eigenvalue weighted by atomic mass is 16.3. The minimum Gasteiger partial charge on any atom is -0.385 e. The van der Waals surface area contributed by atoms with Gasteiger partial charge in [0.05, 0.1) is 0 Å². The molecule has 0 amide bonds. The van der Waals surface area contributed by atoms with Crippen LogP contribution in [-0.4, -0.2) is 29.4 Å². The molecule has 0 aliphatic carbocycles. The van der Waals surface area contributed by atoms with E-state index in [0.29, 0.717) is 13.0 Å². The lowest BCUT2D eigenvalue weighted by atomic mass is 10.1. The highest BCUT2D eigenvalue weighted by Gasteiger charge is 2.21. The third-order valence-electron chi connectivity index (χ3n) is 1.24. The van der Waals surface area contributed by atoms with Gasteiger partial charge in [0.25, 0.3) is 0 Å². The molecule has 50 valence electrons. The number of Topliss-reactive ketones (excluding diaryl/α,β-unsaturated/α-hetero) is 1. The number of carbonyl (C=O) groups excluding carboxylic acids is 1. The summed E-state index contributed by atoms with van der Waals surface area (Å²) >= 11 is 0. The van der Waals surface area contributed by atoms with Crippen LogP contribution in [0.3, 0.4) is 0 Å². The number of aliphatic hydroxyl groups is 1. The van der Waals surface area contributed by atoms with E-state index in [1.54, 1.807) is 0 Å². The first-order valence-corrected chi connectivity index (χ1v) is 2.74. The summed E-state index contributed by atoms with van der Waals surface area (Å²) in [5.41, 5.74) is 5.11. The van der Waals surface area contributed by atoms with Crippen molar-refractivity contribution in [1.29, 1.82) is 0 Å². The van der Waals surface area contributed by atoms with Gasteiger partial charge >= 0.3 is 0 Å². The lowest BCUT2D eigenvalue weighted by Crippen LogP contribution is -2.38. The van der Waals surface area contributed by atoms with E-state index in [0.717, 1.165) is 0 Å². The fourth-order valence-electron chi connectivity index (χ4n) is 0.687. The number of aliphatic hydroxyl groups excluding tert-OH is 1. The number of aliphatic imine (C=N–C) groups is 1. The van der Waals surface area contributed by atoms with Crippen LogP contribution in [0.2, 0.25) is 0 Å². The molecule has 1 aliphatic heterocycles. The number of hydrogen-bond donors (Lipinski definition) is 2. The SMILES string of the molecule is NC1=NCCC(O)C1=O. The Bertz CT molecular complexity index is 164. The Balaban J connectivity index is 2.74.